The van der Waals surface area contributed by atoms with Crippen LogP contribution in [0.15, 0.2) is 67.0 Å². The highest BCUT2D eigenvalue weighted by Gasteiger charge is 2.11. The van der Waals surface area contributed by atoms with Crippen molar-refractivity contribution >= 4 is 11.8 Å². The molecule has 0 spiro atoms. The third kappa shape index (κ3) is 5.30. The second-order valence-electron chi connectivity index (χ2n) is 6.16. The molecule has 3 aromatic rings. The van der Waals surface area contributed by atoms with E-state index in [-0.39, 0.29) is 25.2 Å². The normalized spacial score (nSPS) is 10.5. The van der Waals surface area contributed by atoms with Crippen molar-refractivity contribution in [2.75, 3.05) is 6.61 Å². The summed E-state index contributed by atoms with van der Waals surface area (Å²) in [5.41, 5.74) is 2.37. The molecule has 0 radical (unpaired) electrons. The van der Waals surface area contributed by atoms with Gasteiger partial charge in [0.2, 0.25) is 0 Å². The molecule has 0 saturated heterocycles. The molecular formula is C22H22N2O4. The van der Waals surface area contributed by atoms with E-state index in [4.69, 9.17) is 9.47 Å². The summed E-state index contributed by atoms with van der Waals surface area (Å²) >= 11 is 0. The maximum atomic E-state index is 12.2. The third-order valence-electron chi connectivity index (χ3n) is 4.15. The zero-order valence-corrected chi connectivity index (χ0v) is 15.7. The lowest BCUT2D eigenvalue weighted by Gasteiger charge is -2.07. The summed E-state index contributed by atoms with van der Waals surface area (Å²) in [6.45, 7) is 2.65. The maximum absolute atomic E-state index is 12.2. The number of hydrogen-bond acceptors (Lipinski definition) is 5. The van der Waals surface area contributed by atoms with Gasteiger partial charge in [-0.1, -0.05) is 12.1 Å². The van der Waals surface area contributed by atoms with E-state index in [0.717, 1.165) is 17.0 Å². The summed E-state index contributed by atoms with van der Waals surface area (Å²) < 4.78 is 12.4. The van der Waals surface area contributed by atoms with Crippen LogP contribution in [0.1, 0.15) is 35.7 Å². The van der Waals surface area contributed by atoms with Crippen molar-refractivity contribution in [2.24, 2.45) is 0 Å². The van der Waals surface area contributed by atoms with Gasteiger partial charge in [0.25, 0.3) is 0 Å². The fraction of sp³-hybridized carbons (Fsp3) is 0.227. The number of ether oxygens (including phenoxy) is 2. The molecule has 1 aromatic heterocycles. The van der Waals surface area contributed by atoms with Crippen molar-refractivity contribution in [2.45, 2.75) is 26.4 Å². The molecule has 0 aliphatic heterocycles. The Kier molecular flexibility index (Phi) is 6.57. The van der Waals surface area contributed by atoms with E-state index in [0.29, 0.717) is 12.2 Å². The van der Waals surface area contributed by atoms with Crippen molar-refractivity contribution in [1.82, 2.24) is 9.78 Å². The van der Waals surface area contributed by atoms with Crippen molar-refractivity contribution < 1.29 is 19.1 Å². The maximum Gasteiger partial charge on any atom is 0.306 e. The summed E-state index contributed by atoms with van der Waals surface area (Å²) in [7, 11) is 0. The van der Waals surface area contributed by atoms with Crippen LogP contribution in [0.4, 0.5) is 0 Å². The molecule has 144 valence electrons. The number of aromatic nitrogens is 2. The molecule has 0 fully saturated rings. The average molecular weight is 378 g/mol. The Morgan fingerprint density at radius 2 is 1.75 bits per heavy atom. The second-order valence-corrected chi connectivity index (χ2v) is 6.16. The largest absolute Gasteiger partial charge is 0.494 e. The standard InChI is InChI=1S/C22H22N2O4/c1-2-27-20-10-6-18(7-11-20)21(25)12-13-22(26)28-16-17-4-8-19(9-5-17)24-15-3-14-23-24/h3-11,14-15H,2,12-13,16H2,1H3. The van der Waals surface area contributed by atoms with Crippen LogP contribution in [-0.4, -0.2) is 28.1 Å². The molecule has 2 aromatic carbocycles. The van der Waals surface area contributed by atoms with Gasteiger partial charge in [0.1, 0.15) is 12.4 Å². The van der Waals surface area contributed by atoms with E-state index in [9.17, 15) is 9.59 Å². The summed E-state index contributed by atoms with van der Waals surface area (Å²) in [6.07, 6.45) is 3.74. The van der Waals surface area contributed by atoms with E-state index < -0.39 is 5.97 Å². The Hall–Kier alpha value is -3.41. The Morgan fingerprint density at radius 1 is 1.00 bits per heavy atom. The highest BCUT2D eigenvalue weighted by molar-refractivity contribution is 5.97. The van der Waals surface area contributed by atoms with Crippen LogP contribution in [0.25, 0.3) is 5.69 Å². The first kappa shape index (κ1) is 19.4. The molecule has 0 unspecified atom stereocenters. The molecule has 0 atom stereocenters. The Balaban J connectivity index is 1.43. The van der Waals surface area contributed by atoms with Crippen LogP contribution < -0.4 is 4.74 Å². The number of hydrogen-bond donors (Lipinski definition) is 0. The molecule has 0 saturated carbocycles. The smallest absolute Gasteiger partial charge is 0.306 e. The first-order valence-corrected chi connectivity index (χ1v) is 9.16. The lowest BCUT2D eigenvalue weighted by atomic mass is 10.1. The lowest BCUT2D eigenvalue weighted by Crippen LogP contribution is -2.08. The number of rotatable bonds is 9. The predicted octanol–water partition coefficient (Wildman–Crippen LogP) is 3.98. The molecule has 6 nitrogen and oxygen atoms in total. The molecular weight excluding hydrogens is 356 g/mol. The number of ketones is 1. The highest BCUT2D eigenvalue weighted by atomic mass is 16.5. The van der Waals surface area contributed by atoms with Crippen LogP contribution in [0.2, 0.25) is 0 Å². The zero-order valence-electron chi connectivity index (χ0n) is 15.7. The summed E-state index contributed by atoms with van der Waals surface area (Å²) in [5.74, 6) is 0.232. The van der Waals surface area contributed by atoms with Gasteiger partial charge in [-0.3, -0.25) is 9.59 Å². The fourth-order valence-electron chi connectivity index (χ4n) is 2.67. The number of Topliss-reactive ketones (excluding diaryl/α,β-unsaturated/α-hetero) is 1. The molecule has 28 heavy (non-hydrogen) atoms. The van der Waals surface area contributed by atoms with Gasteiger partial charge in [-0.05, 0) is 55.0 Å². The minimum absolute atomic E-state index is 0.0530. The fourth-order valence-corrected chi connectivity index (χ4v) is 2.67. The van der Waals surface area contributed by atoms with Gasteiger partial charge in [-0.25, -0.2) is 4.68 Å². The molecule has 0 bridgehead atoms. The topological polar surface area (TPSA) is 70.4 Å². The van der Waals surface area contributed by atoms with Gasteiger partial charge >= 0.3 is 5.97 Å². The van der Waals surface area contributed by atoms with Crippen molar-refractivity contribution in [1.29, 1.82) is 0 Å². The van der Waals surface area contributed by atoms with Crippen LogP contribution in [0.3, 0.4) is 0 Å². The first-order chi connectivity index (χ1) is 13.7. The van der Waals surface area contributed by atoms with Crippen LogP contribution in [0.5, 0.6) is 5.75 Å². The van der Waals surface area contributed by atoms with Crippen LogP contribution >= 0.6 is 0 Å². The number of carbonyl (C=O) groups excluding carboxylic acids is 2. The quantitative estimate of drug-likeness (QED) is 0.416. The molecule has 0 aliphatic carbocycles. The number of nitrogens with zero attached hydrogens (tertiary/aromatic N) is 2. The van der Waals surface area contributed by atoms with Gasteiger partial charge in [0.15, 0.2) is 5.78 Å². The Morgan fingerprint density at radius 3 is 2.39 bits per heavy atom. The Bertz CT molecular complexity index is 901. The summed E-state index contributed by atoms with van der Waals surface area (Å²) in [5, 5.41) is 4.16. The molecule has 6 heteroatoms. The lowest BCUT2D eigenvalue weighted by molar-refractivity contribution is -0.144. The van der Waals surface area contributed by atoms with E-state index in [2.05, 4.69) is 5.10 Å². The van der Waals surface area contributed by atoms with Gasteiger partial charge < -0.3 is 9.47 Å². The summed E-state index contributed by atoms with van der Waals surface area (Å²) in [6, 6.07) is 16.4. The summed E-state index contributed by atoms with van der Waals surface area (Å²) in [4.78, 5) is 24.1. The van der Waals surface area contributed by atoms with E-state index >= 15 is 0 Å². The molecule has 3 rings (SSSR count). The van der Waals surface area contributed by atoms with Crippen molar-refractivity contribution in [3.8, 4) is 11.4 Å². The zero-order chi connectivity index (χ0) is 19.8. The third-order valence-corrected chi connectivity index (χ3v) is 4.15. The van der Waals surface area contributed by atoms with Crippen molar-refractivity contribution in [3.05, 3.63) is 78.1 Å². The molecule has 0 amide bonds. The number of esters is 1. The minimum Gasteiger partial charge on any atom is -0.494 e. The Labute approximate surface area is 163 Å². The second kappa shape index (κ2) is 9.50. The minimum atomic E-state index is -0.393. The predicted molar refractivity (Wildman–Crippen MR) is 105 cm³/mol. The van der Waals surface area contributed by atoms with E-state index in [1.807, 2.05) is 43.5 Å². The van der Waals surface area contributed by atoms with Gasteiger partial charge in [0.05, 0.1) is 18.7 Å². The van der Waals surface area contributed by atoms with Crippen molar-refractivity contribution in [3.63, 3.8) is 0 Å². The first-order valence-electron chi connectivity index (χ1n) is 9.16. The van der Waals surface area contributed by atoms with E-state index in [1.54, 1.807) is 35.1 Å². The van der Waals surface area contributed by atoms with Gasteiger partial charge in [0, 0.05) is 24.4 Å². The highest BCUT2D eigenvalue weighted by Crippen LogP contribution is 2.15. The van der Waals surface area contributed by atoms with E-state index in [1.165, 1.54) is 0 Å². The van der Waals surface area contributed by atoms with Gasteiger partial charge in [-0.15, -0.1) is 0 Å². The number of carbonyl (C=O) groups is 2. The monoisotopic (exact) mass is 378 g/mol. The SMILES string of the molecule is CCOc1ccc(C(=O)CCC(=O)OCc2ccc(-n3cccn3)cc2)cc1. The number of benzene rings is 2. The average Bonchev–Trinajstić information content (AvgIpc) is 3.26. The van der Waals surface area contributed by atoms with Crippen LogP contribution in [-0.2, 0) is 16.1 Å². The molecule has 0 aliphatic rings. The van der Waals surface area contributed by atoms with Gasteiger partial charge in [-0.2, -0.15) is 5.10 Å². The van der Waals surface area contributed by atoms with Crippen LogP contribution in [0, 0.1) is 0 Å². The molecule has 1 heterocycles. The molecule has 0 N–H and O–H groups in total.